The lowest BCUT2D eigenvalue weighted by atomic mass is 9.88. The molecular formula is C26H38N2O4. The van der Waals surface area contributed by atoms with Crippen molar-refractivity contribution in [3.63, 3.8) is 0 Å². The lowest BCUT2D eigenvalue weighted by Gasteiger charge is -2.34. The van der Waals surface area contributed by atoms with Gasteiger partial charge in [-0.3, -0.25) is 0 Å². The molecule has 0 spiro atoms. The maximum Gasteiger partial charge on any atom is 0.0995 e. The molecule has 2 N–H and O–H groups in total. The first-order chi connectivity index (χ1) is 15.9. The molecule has 1 saturated heterocycles. The molecule has 1 aliphatic rings. The Bertz CT molecular complexity index is 653. The van der Waals surface area contributed by atoms with Gasteiger partial charge in [0, 0.05) is 39.0 Å². The van der Waals surface area contributed by atoms with Crippen LogP contribution in [0, 0.1) is 0 Å². The third kappa shape index (κ3) is 9.77. The molecule has 0 amide bonds. The molecule has 0 atom stereocenters. The highest BCUT2D eigenvalue weighted by Crippen LogP contribution is 2.24. The summed E-state index contributed by atoms with van der Waals surface area (Å²) in [7, 11) is 0. The summed E-state index contributed by atoms with van der Waals surface area (Å²) in [6.45, 7) is 7.55. The summed E-state index contributed by atoms with van der Waals surface area (Å²) in [4.78, 5) is 0. The van der Waals surface area contributed by atoms with Crippen molar-refractivity contribution >= 4 is 0 Å². The Hall–Kier alpha value is -1.80. The first-order valence-electron chi connectivity index (χ1n) is 11.7. The van der Waals surface area contributed by atoms with Crippen molar-refractivity contribution in [2.75, 3.05) is 72.4 Å². The zero-order valence-electron chi connectivity index (χ0n) is 19.1. The average Bonchev–Trinajstić information content (AvgIpc) is 2.82. The van der Waals surface area contributed by atoms with Crippen LogP contribution in [0.3, 0.4) is 0 Å². The van der Waals surface area contributed by atoms with E-state index in [1.54, 1.807) is 0 Å². The summed E-state index contributed by atoms with van der Waals surface area (Å²) in [5.74, 6) is 0. The molecule has 0 aliphatic carbocycles. The van der Waals surface area contributed by atoms with Crippen LogP contribution in [0.2, 0.25) is 0 Å². The predicted molar refractivity (Wildman–Crippen MR) is 127 cm³/mol. The van der Waals surface area contributed by atoms with Crippen LogP contribution in [0.4, 0.5) is 0 Å². The van der Waals surface area contributed by atoms with Crippen LogP contribution >= 0.6 is 0 Å². The first-order valence-corrected chi connectivity index (χ1v) is 11.7. The molecule has 0 bridgehead atoms. The molecule has 1 heterocycles. The quantitative estimate of drug-likeness (QED) is 0.759. The van der Waals surface area contributed by atoms with E-state index in [9.17, 15) is 0 Å². The highest BCUT2D eigenvalue weighted by molar-refractivity contribution is 5.22. The third-order valence-corrected chi connectivity index (χ3v) is 5.43. The van der Waals surface area contributed by atoms with Crippen molar-refractivity contribution in [3.05, 3.63) is 71.8 Å². The lowest BCUT2D eigenvalue weighted by Crippen LogP contribution is -2.45. The topological polar surface area (TPSA) is 61.0 Å². The lowest BCUT2D eigenvalue weighted by molar-refractivity contribution is -0.0962. The molecular weight excluding hydrogens is 404 g/mol. The summed E-state index contributed by atoms with van der Waals surface area (Å²) in [5, 5.41) is 6.79. The molecule has 2 aromatic carbocycles. The number of ether oxygens (including phenoxy) is 4. The summed E-state index contributed by atoms with van der Waals surface area (Å²) in [6, 6.07) is 21.1. The van der Waals surface area contributed by atoms with Crippen LogP contribution in [0.5, 0.6) is 0 Å². The Labute approximate surface area is 192 Å². The first kappa shape index (κ1) is 24.8. The zero-order valence-corrected chi connectivity index (χ0v) is 19.1. The molecule has 0 aromatic heterocycles. The monoisotopic (exact) mass is 442 g/mol. The molecule has 0 radical (unpaired) electrons. The molecule has 176 valence electrons. The highest BCUT2D eigenvalue weighted by atomic mass is 16.5. The molecule has 0 unspecified atom stereocenters. The van der Waals surface area contributed by atoms with E-state index in [-0.39, 0.29) is 0 Å². The summed E-state index contributed by atoms with van der Waals surface area (Å²) >= 11 is 0. The van der Waals surface area contributed by atoms with Gasteiger partial charge in [0.05, 0.1) is 51.8 Å². The SMILES string of the molecule is c1ccc(CC2(Cc3ccccc3)COCCNCCOCCOCCNCCO2)cc1. The van der Waals surface area contributed by atoms with Gasteiger partial charge in [-0.1, -0.05) is 60.7 Å². The number of rotatable bonds is 4. The minimum absolute atomic E-state index is 0.435. The van der Waals surface area contributed by atoms with Crippen LogP contribution in [-0.2, 0) is 31.8 Å². The van der Waals surface area contributed by atoms with Gasteiger partial charge >= 0.3 is 0 Å². The van der Waals surface area contributed by atoms with Crippen molar-refractivity contribution in [1.29, 1.82) is 0 Å². The van der Waals surface area contributed by atoms with Crippen LogP contribution < -0.4 is 10.6 Å². The number of nitrogens with one attached hydrogen (secondary N) is 2. The highest BCUT2D eigenvalue weighted by Gasteiger charge is 2.32. The van der Waals surface area contributed by atoms with E-state index in [1.165, 1.54) is 11.1 Å². The van der Waals surface area contributed by atoms with E-state index in [0.29, 0.717) is 46.2 Å². The van der Waals surface area contributed by atoms with Gasteiger partial charge in [-0.05, 0) is 11.1 Å². The second-order valence-corrected chi connectivity index (χ2v) is 8.13. The number of hydrogen-bond donors (Lipinski definition) is 2. The van der Waals surface area contributed by atoms with Gasteiger partial charge < -0.3 is 29.6 Å². The van der Waals surface area contributed by atoms with E-state index in [0.717, 1.165) is 39.0 Å². The average molecular weight is 443 g/mol. The van der Waals surface area contributed by atoms with E-state index in [2.05, 4.69) is 71.3 Å². The molecule has 1 aliphatic heterocycles. The molecule has 32 heavy (non-hydrogen) atoms. The van der Waals surface area contributed by atoms with Crippen molar-refractivity contribution in [2.45, 2.75) is 18.4 Å². The predicted octanol–water partition coefficient (Wildman–Crippen LogP) is 2.47. The van der Waals surface area contributed by atoms with Gasteiger partial charge in [0.2, 0.25) is 0 Å². The van der Waals surface area contributed by atoms with Crippen molar-refractivity contribution in [3.8, 4) is 0 Å². The number of benzene rings is 2. The van der Waals surface area contributed by atoms with Crippen molar-refractivity contribution < 1.29 is 18.9 Å². The van der Waals surface area contributed by atoms with Gasteiger partial charge in [0.15, 0.2) is 0 Å². The Kier molecular flexibility index (Phi) is 11.7. The molecule has 6 nitrogen and oxygen atoms in total. The van der Waals surface area contributed by atoms with Crippen LogP contribution in [0.15, 0.2) is 60.7 Å². The van der Waals surface area contributed by atoms with Gasteiger partial charge in [0.25, 0.3) is 0 Å². The van der Waals surface area contributed by atoms with Gasteiger partial charge in [-0.25, -0.2) is 0 Å². The second kappa shape index (κ2) is 15.1. The van der Waals surface area contributed by atoms with Crippen LogP contribution in [-0.4, -0.2) is 78.0 Å². The number of hydrogen-bond acceptors (Lipinski definition) is 6. The summed E-state index contributed by atoms with van der Waals surface area (Å²) in [5.41, 5.74) is 2.08. The normalized spacial score (nSPS) is 20.1. The van der Waals surface area contributed by atoms with Crippen LogP contribution in [0.1, 0.15) is 11.1 Å². The van der Waals surface area contributed by atoms with Gasteiger partial charge in [0.1, 0.15) is 0 Å². The third-order valence-electron chi connectivity index (χ3n) is 5.43. The smallest absolute Gasteiger partial charge is 0.0995 e. The van der Waals surface area contributed by atoms with E-state index >= 15 is 0 Å². The van der Waals surface area contributed by atoms with Gasteiger partial charge in [-0.15, -0.1) is 0 Å². The summed E-state index contributed by atoms with van der Waals surface area (Å²) in [6.07, 6.45) is 1.60. The molecule has 1 fully saturated rings. The molecule has 6 heteroatoms. The fourth-order valence-corrected chi connectivity index (χ4v) is 3.85. The molecule has 3 rings (SSSR count). The van der Waals surface area contributed by atoms with Crippen molar-refractivity contribution in [1.82, 2.24) is 10.6 Å². The fraction of sp³-hybridized carbons (Fsp3) is 0.538. The molecule has 2 aromatic rings. The Balaban J connectivity index is 1.69. The van der Waals surface area contributed by atoms with Gasteiger partial charge in [-0.2, -0.15) is 0 Å². The summed E-state index contributed by atoms with van der Waals surface area (Å²) < 4.78 is 24.0. The van der Waals surface area contributed by atoms with E-state index < -0.39 is 5.60 Å². The zero-order chi connectivity index (χ0) is 22.2. The Morgan fingerprint density at radius 3 is 1.56 bits per heavy atom. The largest absolute Gasteiger partial charge is 0.378 e. The molecule has 0 saturated carbocycles. The van der Waals surface area contributed by atoms with E-state index in [4.69, 9.17) is 18.9 Å². The fourth-order valence-electron chi connectivity index (χ4n) is 3.85. The minimum atomic E-state index is -0.435. The standard InChI is InChI=1S/C26H38N2O4/c1-3-7-24(8-4-1)21-26(22-25-9-5-2-6-10-25)23-31-17-13-27-11-15-29-19-20-30-16-12-28-14-18-32-26/h1-10,27-28H,11-23H2. The maximum atomic E-state index is 6.61. The van der Waals surface area contributed by atoms with Crippen molar-refractivity contribution in [2.24, 2.45) is 0 Å². The Morgan fingerprint density at radius 1 is 0.562 bits per heavy atom. The van der Waals surface area contributed by atoms with Crippen LogP contribution in [0.25, 0.3) is 0 Å². The van der Waals surface area contributed by atoms with E-state index in [1.807, 2.05) is 0 Å². The second-order valence-electron chi connectivity index (χ2n) is 8.13. The Morgan fingerprint density at radius 2 is 1.03 bits per heavy atom. The maximum absolute atomic E-state index is 6.61. The minimum Gasteiger partial charge on any atom is -0.378 e.